The molecule has 2 unspecified atom stereocenters. The van der Waals surface area contributed by atoms with Gasteiger partial charge in [0.2, 0.25) is 0 Å². The highest BCUT2D eigenvalue weighted by molar-refractivity contribution is 6.31. The lowest BCUT2D eigenvalue weighted by atomic mass is 9.69. The molecule has 0 amide bonds. The van der Waals surface area contributed by atoms with Gasteiger partial charge >= 0.3 is 6.18 Å². The number of halogens is 4. The molecule has 0 saturated carbocycles. The highest BCUT2D eigenvalue weighted by atomic mass is 35.5. The summed E-state index contributed by atoms with van der Waals surface area (Å²) in [4.78, 5) is 25.9. The largest absolute Gasteiger partial charge is 0.416 e. The van der Waals surface area contributed by atoms with Crippen LogP contribution in [0.15, 0.2) is 40.7 Å². The molecule has 0 saturated heterocycles. The minimum Gasteiger partial charge on any atom is -0.362 e. The predicted octanol–water partition coefficient (Wildman–Crippen LogP) is 5.55. The van der Waals surface area contributed by atoms with Gasteiger partial charge in [-0.2, -0.15) is 13.2 Å². The van der Waals surface area contributed by atoms with Gasteiger partial charge in [-0.25, -0.2) is 0 Å². The van der Waals surface area contributed by atoms with Crippen LogP contribution in [-0.4, -0.2) is 11.6 Å². The molecule has 7 heteroatoms. The van der Waals surface area contributed by atoms with E-state index in [4.69, 9.17) is 11.6 Å². The van der Waals surface area contributed by atoms with Crippen LogP contribution in [0.3, 0.4) is 0 Å². The van der Waals surface area contributed by atoms with Crippen molar-refractivity contribution in [1.82, 2.24) is 5.32 Å². The Hall–Kier alpha value is -2.08. The maximum atomic E-state index is 13.4. The normalized spacial score (nSPS) is 27.6. The molecule has 1 aromatic rings. The van der Waals surface area contributed by atoms with E-state index < -0.39 is 17.7 Å². The lowest BCUT2D eigenvalue weighted by Crippen LogP contribution is -2.39. The van der Waals surface area contributed by atoms with Crippen molar-refractivity contribution >= 4 is 23.2 Å². The predicted molar refractivity (Wildman–Crippen MR) is 103 cm³/mol. The van der Waals surface area contributed by atoms with E-state index >= 15 is 0 Å². The molecule has 4 rings (SSSR count). The van der Waals surface area contributed by atoms with Crippen LogP contribution in [0.4, 0.5) is 13.2 Å². The second-order valence-corrected chi connectivity index (χ2v) is 8.86. The van der Waals surface area contributed by atoms with Crippen LogP contribution in [0.5, 0.6) is 0 Å². The third kappa shape index (κ3) is 3.52. The van der Waals surface area contributed by atoms with Gasteiger partial charge < -0.3 is 5.32 Å². The van der Waals surface area contributed by atoms with Crippen LogP contribution in [-0.2, 0) is 15.8 Å². The Morgan fingerprint density at radius 1 is 0.931 bits per heavy atom. The smallest absolute Gasteiger partial charge is 0.362 e. The summed E-state index contributed by atoms with van der Waals surface area (Å²) in [6, 6.07) is 3.12. The van der Waals surface area contributed by atoms with Crippen LogP contribution in [0.1, 0.15) is 56.6 Å². The fraction of sp³-hybridized carbons (Fsp3) is 0.455. The lowest BCUT2D eigenvalue weighted by Gasteiger charge is -2.40. The highest BCUT2D eigenvalue weighted by Crippen LogP contribution is 2.49. The first kappa shape index (κ1) is 20.2. The quantitative estimate of drug-likeness (QED) is 0.644. The lowest BCUT2D eigenvalue weighted by molar-refractivity contribution is -0.137. The van der Waals surface area contributed by atoms with Crippen molar-refractivity contribution in [2.75, 3.05) is 0 Å². The Morgan fingerprint density at radius 3 is 1.93 bits per heavy atom. The molecule has 1 aliphatic heterocycles. The molecule has 154 valence electrons. The van der Waals surface area contributed by atoms with Crippen LogP contribution in [0.25, 0.3) is 0 Å². The summed E-state index contributed by atoms with van der Waals surface area (Å²) in [5, 5.41) is 3.42. The zero-order valence-electron chi connectivity index (χ0n) is 16.1. The van der Waals surface area contributed by atoms with Gasteiger partial charge in [0, 0.05) is 46.3 Å². The Labute approximate surface area is 172 Å². The first-order valence-corrected chi connectivity index (χ1v) is 10.1. The average Bonchev–Trinajstić information content (AvgIpc) is 2.58. The Kier molecular flexibility index (Phi) is 4.88. The molecule has 0 fully saturated rings. The number of hydrogen-bond acceptors (Lipinski definition) is 3. The van der Waals surface area contributed by atoms with Crippen molar-refractivity contribution in [3.8, 4) is 0 Å². The zero-order chi connectivity index (χ0) is 21.1. The van der Waals surface area contributed by atoms with Crippen LogP contribution < -0.4 is 5.32 Å². The molecule has 0 radical (unpaired) electrons. The molecule has 3 aliphatic rings. The fourth-order valence-corrected chi connectivity index (χ4v) is 4.96. The van der Waals surface area contributed by atoms with Crippen molar-refractivity contribution < 1.29 is 22.8 Å². The molecule has 2 atom stereocenters. The number of ketones is 2. The van der Waals surface area contributed by atoms with Gasteiger partial charge in [0.05, 0.1) is 5.56 Å². The minimum atomic E-state index is -4.54. The molecule has 0 bridgehead atoms. The van der Waals surface area contributed by atoms with Gasteiger partial charge in [0.1, 0.15) is 0 Å². The SMILES string of the molecule is CC1CC(=O)C2=C(C1)NC1=C(C(=O)CC(C)C1)C2c1cc(C(F)(F)F)ccc1Cl. The Bertz CT molecular complexity index is 931. The molecule has 29 heavy (non-hydrogen) atoms. The van der Waals surface area contributed by atoms with Crippen molar-refractivity contribution in [3.05, 3.63) is 56.9 Å². The number of benzene rings is 1. The summed E-state index contributed by atoms with van der Waals surface area (Å²) in [7, 11) is 0. The van der Waals surface area contributed by atoms with E-state index in [9.17, 15) is 22.8 Å². The zero-order valence-corrected chi connectivity index (χ0v) is 16.9. The van der Waals surface area contributed by atoms with E-state index in [1.165, 1.54) is 6.07 Å². The first-order chi connectivity index (χ1) is 13.6. The fourth-order valence-electron chi connectivity index (χ4n) is 4.74. The van der Waals surface area contributed by atoms with Crippen LogP contribution in [0, 0.1) is 11.8 Å². The van der Waals surface area contributed by atoms with Gasteiger partial charge in [-0.3, -0.25) is 9.59 Å². The molecular formula is C22H21ClF3NO2. The summed E-state index contributed by atoms with van der Waals surface area (Å²) in [5.74, 6) is -0.864. The minimum absolute atomic E-state index is 0.126. The summed E-state index contributed by atoms with van der Waals surface area (Å²) in [6.45, 7) is 3.93. The van der Waals surface area contributed by atoms with E-state index in [1.807, 2.05) is 13.8 Å². The van der Waals surface area contributed by atoms with Crippen molar-refractivity contribution in [3.63, 3.8) is 0 Å². The van der Waals surface area contributed by atoms with Crippen molar-refractivity contribution in [2.24, 2.45) is 11.8 Å². The molecule has 2 aliphatic carbocycles. The number of hydrogen-bond donors (Lipinski definition) is 1. The van der Waals surface area contributed by atoms with E-state index in [0.717, 1.165) is 12.1 Å². The maximum absolute atomic E-state index is 13.4. The number of rotatable bonds is 1. The molecule has 0 aromatic heterocycles. The third-order valence-electron chi connectivity index (χ3n) is 5.94. The standard InChI is InChI=1S/C22H21ClF3NO2/c1-10-5-15-20(17(28)7-10)19(21-16(27-15)6-11(2)8-18(21)29)13-9-12(22(24,25)26)3-4-14(13)23/h3-4,9-11,19,27H,5-8H2,1-2H3. The second-order valence-electron chi connectivity index (χ2n) is 8.45. The van der Waals surface area contributed by atoms with E-state index in [1.54, 1.807) is 0 Å². The Morgan fingerprint density at radius 2 is 1.45 bits per heavy atom. The number of alkyl halides is 3. The summed E-state index contributed by atoms with van der Waals surface area (Å²) >= 11 is 6.34. The number of nitrogens with one attached hydrogen (secondary N) is 1. The topological polar surface area (TPSA) is 46.2 Å². The number of allylic oxidation sites excluding steroid dienone is 4. The number of carbonyl (C=O) groups excluding carboxylic acids is 2. The molecule has 1 aromatic carbocycles. The van der Waals surface area contributed by atoms with Crippen molar-refractivity contribution in [1.29, 1.82) is 0 Å². The monoisotopic (exact) mass is 423 g/mol. The summed E-state index contributed by atoms with van der Waals surface area (Å²) in [6.07, 6.45) is -2.69. The third-order valence-corrected chi connectivity index (χ3v) is 6.28. The summed E-state index contributed by atoms with van der Waals surface area (Å²) in [5.41, 5.74) is 1.56. The van der Waals surface area contributed by atoms with Gasteiger partial charge in [0.15, 0.2) is 11.6 Å². The van der Waals surface area contributed by atoms with Gasteiger partial charge in [-0.1, -0.05) is 25.4 Å². The van der Waals surface area contributed by atoms with Gasteiger partial charge in [0.25, 0.3) is 0 Å². The van der Waals surface area contributed by atoms with E-state index in [2.05, 4.69) is 5.32 Å². The second kappa shape index (κ2) is 7.01. The molecule has 1 N–H and O–H groups in total. The van der Waals surface area contributed by atoms with Crippen LogP contribution in [0.2, 0.25) is 5.02 Å². The number of carbonyl (C=O) groups is 2. The average molecular weight is 424 g/mol. The van der Waals surface area contributed by atoms with E-state index in [0.29, 0.717) is 48.2 Å². The maximum Gasteiger partial charge on any atom is 0.416 e. The molecule has 3 nitrogen and oxygen atoms in total. The van der Waals surface area contributed by atoms with Crippen LogP contribution >= 0.6 is 11.6 Å². The number of Topliss-reactive ketones (excluding diaryl/α,β-unsaturated/α-hetero) is 2. The molecule has 0 spiro atoms. The van der Waals surface area contributed by atoms with E-state index in [-0.39, 0.29) is 34.0 Å². The van der Waals surface area contributed by atoms with Gasteiger partial charge in [-0.15, -0.1) is 0 Å². The first-order valence-electron chi connectivity index (χ1n) is 9.72. The summed E-state index contributed by atoms with van der Waals surface area (Å²) < 4.78 is 40.1. The molecular weight excluding hydrogens is 403 g/mol. The van der Waals surface area contributed by atoms with Crippen molar-refractivity contribution in [2.45, 2.75) is 51.6 Å². The van der Waals surface area contributed by atoms with Gasteiger partial charge in [-0.05, 0) is 48.4 Å². The highest BCUT2D eigenvalue weighted by Gasteiger charge is 2.43. The number of dihydropyridines is 1. The Balaban J connectivity index is 1.95. The molecule has 1 heterocycles.